The second kappa shape index (κ2) is 7.05. The number of hydrogen-bond acceptors (Lipinski definition) is 3. The monoisotopic (exact) mass is 324 g/mol. The molecule has 0 heterocycles. The molecule has 1 unspecified atom stereocenters. The molecule has 24 heavy (non-hydrogen) atoms. The number of aryl methyl sites for hydroxylation is 1. The zero-order chi connectivity index (χ0) is 17.0. The highest BCUT2D eigenvalue weighted by molar-refractivity contribution is 5.79. The van der Waals surface area contributed by atoms with Crippen molar-refractivity contribution in [3.8, 4) is 0 Å². The van der Waals surface area contributed by atoms with Crippen LogP contribution in [-0.2, 0) is 23.2 Å². The molecule has 2 aromatic rings. The number of fused-ring (bicyclic) bond motifs is 1. The summed E-state index contributed by atoms with van der Waals surface area (Å²) in [7, 11) is 0. The van der Waals surface area contributed by atoms with Gasteiger partial charge in [-0.3, -0.25) is 15.6 Å². The van der Waals surface area contributed by atoms with Crippen LogP contribution in [0, 0.1) is 0 Å². The SMILES string of the molecule is CC(O)(CC(=O)NNc1cccc2c1CCCC2)c1ccccc1. The normalized spacial score (nSPS) is 15.9. The van der Waals surface area contributed by atoms with Gasteiger partial charge in [0.2, 0.25) is 5.91 Å². The first kappa shape index (κ1) is 16.5. The lowest BCUT2D eigenvalue weighted by atomic mass is 9.90. The predicted molar refractivity (Wildman–Crippen MR) is 95.5 cm³/mol. The smallest absolute Gasteiger partial charge is 0.241 e. The molecular weight excluding hydrogens is 300 g/mol. The maximum Gasteiger partial charge on any atom is 0.241 e. The lowest BCUT2D eigenvalue weighted by Crippen LogP contribution is -2.36. The van der Waals surface area contributed by atoms with E-state index in [0.29, 0.717) is 0 Å². The van der Waals surface area contributed by atoms with E-state index in [0.717, 1.165) is 24.1 Å². The molecule has 1 aliphatic rings. The molecule has 0 saturated carbocycles. The Kier molecular flexibility index (Phi) is 4.86. The number of amides is 1. The van der Waals surface area contributed by atoms with Gasteiger partial charge in [0, 0.05) is 0 Å². The number of aliphatic hydroxyl groups is 1. The number of benzene rings is 2. The van der Waals surface area contributed by atoms with E-state index >= 15 is 0 Å². The minimum Gasteiger partial charge on any atom is -0.385 e. The zero-order valence-corrected chi connectivity index (χ0v) is 14.0. The average molecular weight is 324 g/mol. The van der Waals surface area contributed by atoms with Crippen LogP contribution in [0.15, 0.2) is 48.5 Å². The molecule has 4 heteroatoms. The summed E-state index contributed by atoms with van der Waals surface area (Å²) >= 11 is 0. The number of anilines is 1. The van der Waals surface area contributed by atoms with Gasteiger partial charge in [0.15, 0.2) is 0 Å². The maximum atomic E-state index is 12.2. The molecular formula is C20H24N2O2. The molecule has 0 fully saturated rings. The minimum absolute atomic E-state index is 0.000955. The number of carbonyl (C=O) groups is 1. The third-order valence-corrected chi connectivity index (χ3v) is 4.63. The standard InChI is InChI=1S/C20H24N2O2/c1-20(24,16-10-3-2-4-11-16)14-19(23)22-21-18-13-7-9-15-8-5-6-12-17(15)18/h2-4,7,9-11,13,21,24H,5-6,8,12,14H2,1H3,(H,22,23). The van der Waals surface area contributed by atoms with Crippen LogP contribution in [0.3, 0.4) is 0 Å². The van der Waals surface area contributed by atoms with Crippen molar-refractivity contribution >= 4 is 11.6 Å². The van der Waals surface area contributed by atoms with Crippen LogP contribution < -0.4 is 10.9 Å². The Morgan fingerprint density at radius 2 is 1.83 bits per heavy atom. The van der Waals surface area contributed by atoms with Gasteiger partial charge >= 0.3 is 0 Å². The molecule has 0 aromatic heterocycles. The molecule has 0 aliphatic heterocycles. The van der Waals surface area contributed by atoms with Crippen molar-refractivity contribution < 1.29 is 9.90 Å². The highest BCUT2D eigenvalue weighted by atomic mass is 16.3. The highest BCUT2D eigenvalue weighted by Crippen LogP contribution is 2.28. The fourth-order valence-corrected chi connectivity index (χ4v) is 3.29. The van der Waals surface area contributed by atoms with Crippen LogP contribution in [0.25, 0.3) is 0 Å². The van der Waals surface area contributed by atoms with E-state index in [9.17, 15) is 9.90 Å². The quantitative estimate of drug-likeness (QED) is 0.740. The van der Waals surface area contributed by atoms with Gasteiger partial charge in [-0.15, -0.1) is 0 Å². The van der Waals surface area contributed by atoms with E-state index in [1.807, 2.05) is 42.5 Å². The summed E-state index contributed by atoms with van der Waals surface area (Å²) in [4.78, 5) is 12.2. The molecule has 0 radical (unpaired) electrons. The van der Waals surface area contributed by atoms with E-state index < -0.39 is 5.60 Å². The van der Waals surface area contributed by atoms with Gasteiger partial charge in [-0.2, -0.15) is 0 Å². The molecule has 0 spiro atoms. The summed E-state index contributed by atoms with van der Waals surface area (Å²) in [5.74, 6) is -0.239. The van der Waals surface area contributed by atoms with E-state index in [4.69, 9.17) is 0 Å². The maximum absolute atomic E-state index is 12.2. The number of rotatable bonds is 5. The molecule has 4 nitrogen and oxygen atoms in total. The van der Waals surface area contributed by atoms with Crippen LogP contribution in [-0.4, -0.2) is 11.0 Å². The van der Waals surface area contributed by atoms with Crippen molar-refractivity contribution in [2.75, 3.05) is 5.43 Å². The van der Waals surface area contributed by atoms with Crippen molar-refractivity contribution in [2.45, 2.75) is 44.6 Å². The molecule has 126 valence electrons. The summed E-state index contributed by atoms with van der Waals surface area (Å²) < 4.78 is 0. The first-order chi connectivity index (χ1) is 11.6. The Morgan fingerprint density at radius 1 is 1.08 bits per heavy atom. The summed E-state index contributed by atoms with van der Waals surface area (Å²) in [6, 6.07) is 15.4. The Hall–Kier alpha value is -2.33. The van der Waals surface area contributed by atoms with Crippen LogP contribution in [0.2, 0.25) is 0 Å². The van der Waals surface area contributed by atoms with Gasteiger partial charge in [-0.1, -0.05) is 42.5 Å². The van der Waals surface area contributed by atoms with Crippen LogP contribution in [0.5, 0.6) is 0 Å². The molecule has 1 aliphatic carbocycles. The Morgan fingerprint density at radius 3 is 2.62 bits per heavy atom. The highest BCUT2D eigenvalue weighted by Gasteiger charge is 2.26. The summed E-state index contributed by atoms with van der Waals surface area (Å²) in [6.45, 7) is 1.66. The van der Waals surface area contributed by atoms with Gasteiger partial charge in [-0.05, 0) is 55.4 Å². The Labute approximate surface area is 142 Å². The summed E-state index contributed by atoms with van der Waals surface area (Å²) in [5, 5.41) is 10.6. The fraction of sp³-hybridized carbons (Fsp3) is 0.350. The van der Waals surface area contributed by atoms with Gasteiger partial charge in [0.05, 0.1) is 17.7 Å². The predicted octanol–water partition coefficient (Wildman–Crippen LogP) is 3.31. The van der Waals surface area contributed by atoms with Crippen molar-refractivity contribution in [1.82, 2.24) is 5.43 Å². The topological polar surface area (TPSA) is 61.4 Å². The van der Waals surface area contributed by atoms with Gasteiger partial charge in [-0.25, -0.2) is 0 Å². The van der Waals surface area contributed by atoms with Crippen LogP contribution >= 0.6 is 0 Å². The second-order valence-corrected chi connectivity index (χ2v) is 6.64. The molecule has 3 rings (SSSR count). The van der Waals surface area contributed by atoms with E-state index in [1.54, 1.807) is 6.92 Å². The second-order valence-electron chi connectivity index (χ2n) is 6.64. The molecule has 2 aromatic carbocycles. The first-order valence-corrected chi connectivity index (χ1v) is 8.50. The Balaban J connectivity index is 1.62. The van der Waals surface area contributed by atoms with Crippen molar-refractivity contribution in [3.05, 3.63) is 65.2 Å². The van der Waals surface area contributed by atoms with Crippen LogP contribution in [0.1, 0.15) is 42.9 Å². The molecule has 0 bridgehead atoms. The van der Waals surface area contributed by atoms with E-state index in [1.165, 1.54) is 24.0 Å². The summed E-state index contributed by atoms with van der Waals surface area (Å²) in [5.41, 5.74) is 8.91. The number of hydrogen-bond donors (Lipinski definition) is 3. The number of carbonyl (C=O) groups excluding carboxylic acids is 1. The van der Waals surface area contributed by atoms with Crippen LogP contribution in [0.4, 0.5) is 5.69 Å². The average Bonchev–Trinajstić information content (AvgIpc) is 2.60. The van der Waals surface area contributed by atoms with Crippen molar-refractivity contribution in [3.63, 3.8) is 0 Å². The minimum atomic E-state index is -1.19. The zero-order valence-electron chi connectivity index (χ0n) is 14.0. The lowest BCUT2D eigenvalue weighted by molar-refractivity contribution is -0.125. The first-order valence-electron chi connectivity index (χ1n) is 8.50. The molecule has 3 N–H and O–H groups in total. The van der Waals surface area contributed by atoms with Crippen molar-refractivity contribution in [2.24, 2.45) is 0 Å². The van der Waals surface area contributed by atoms with Crippen molar-refractivity contribution in [1.29, 1.82) is 0 Å². The van der Waals surface area contributed by atoms with Gasteiger partial charge in [0.1, 0.15) is 0 Å². The third-order valence-electron chi connectivity index (χ3n) is 4.63. The van der Waals surface area contributed by atoms with E-state index in [2.05, 4.69) is 16.9 Å². The number of nitrogens with one attached hydrogen (secondary N) is 2. The fourth-order valence-electron chi connectivity index (χ4n) is 3.29. The molecule has 1 atom stereocenters. The van der Waals surface area contributed by atoms with Gasteiger partial charge < -0.3 is 5.11 Å². The summed E-state index contributed by atoms with van der Waals surface area (Å²) in [6.07, 6.45) is 4.54. The molecule has 1 amide bonds. The van der Waals surface area contributed by atoms with Gasteiger partial charge in [0.25, 0.3) is 0 Å². The lowest BCUT2D eigenvalue weighted by Gasteiger charge is -2.24. The van der Waals surface area contributed by atoms with E-state index in [-0.39, 0.29) is 12.3 Å². The number of hydrazine groups is 1. The third kappa shape index (κ3) is 3.77. The Bertz CT molecular complexity index is 711. The molecule has 0 saturated heterocycles. The largest absolute Gasteiger partial charge is 0.385 e.